The molecule has 0 saturated heterocycles. The van der Waals surface area contributed by atoms with E-state index in [1.807, 2.05) is 109 Å². The van der Waals surface area contributed by atoms with Crippen molar-refractivity contribution < 1.29 is 0 Å². The second-order valence-electron chi connectivity index (χ2n) is 17.8. The van der Waals surface area contributed by atoms with Gasteiger partial charge in [0.15, 0.2) is 23.2 Å². The van der Waals surface area contributed by atoms with Crippen LogP contribution in [0.5, 0.6) is 0 Å². The van der Waals surface area contributed by atoms with Crippen LogP contribution in [0.3, 0.4) is 0 Å². The number of hydrogen-bond acceptors (Lipinski definition) is 4. The molecule has 7 heteroatoms. The van der Waals surface area contributed by atoms with E-state index < -0.39 is 0 Å². The molecule has 334 valence electrons. The molecule has 0 saturated carbocycles. The Kier molecular flexibility index (Phi) is 10.1. The van der Waals surface area contributed by atoms with Crippen molar-refractivity contribution in [2.75, 3.05) is 0 Å². The van der Waals surface area contributed by atoms with E-state index in [1.165, 1.54) is 0 Å². The number of benzene rings is 10. The lowest BCUT2D eigenvalue weighted by atomic mass is 9.96. The second kappa shape index (κ2) is 17.4. The quantitative estimate of drug-likeness (QED) is 0.142. The molecule has 0 amide bonds. The number of nitriles is 1. The summed E-state index contributed by atoms with van der Waals surface area (Å²) in [6.07, 6.45) is 0. The minimum Gasteiger partial charge on any atom is -0.309 e. The molecule has 7 nitrogen and oxygen atoms in total. The highest BCUT2D eigenvalue weighted by atomic mass is 15.1. The van der Waals surface area contributed by atoms with Gasteiger partial charge in [0.2, 0.25) is 0 Å². The third-order valence-corrected chi connectivity index (χ3v) is 13.6. The van der Waals surface area contributed by atoms with Crippen LogP contribution in [0.25, 0.3) is 127 Å². The summed E-state index contributed by atoms with van der Waals surface area (Å²) in [5.41, 5.74) is 16.3. The van der Waals surface area contributed by atoms with Crippen LogP contribution >= 0.6 is 0 Å². The highest BCUT2D eigenvalue weighted by molar-refractivity contribution is 6.16. The minimum atomic E-state index is 0.541. The molecule has 0 atom stereocenters. The highest BCUT2D eigenvalue weighted by Gasteiger charge is 2.23. The lowest BCUT2D eigenvalue weighted by molar-refractivity contribution is 1.06. The fraction of sp³-hybridized carbons (Fsp3) is 0. The maximum Gasteiger partial charge on any atom is 0.187 e. The van der Waals surface area contributed by atoms with Crippen molar-refractivity contribution in [3.8, 4) is 85.0 Å². The molecule has 0 N–H and O–H groups in total. The van der Waals surface area contributed by atoms with E-state index in [1.54, 1.807) is 0 Å². The largest absolute Gasteiger partial charge is 0.309 e. The van der Waals surface area contributed by atoms with Gasteiger partial charge in [0, 0.05) is 43.9 Å². The van der Waals surface area contributed by atoms with Gasteiger partial charge in [-0.25, -0.2) is 19.8 Å². The van der Waals surface area contributed by atoms with Gasteiger partial charge in [-0.1, -0.05) is 164 Å². The van der Waals surface area contributed by atoms with E-state index in [9.17, 15) is 5.26 Å². The van der Waals surface area contributed by atoms with E-state index in [-0.39, 0.29) is 0 Å². The van der Waals surface area contributed by atoms with E-state index in [2.05, 4.69) is 147 Å². The van der Waals surface area contributed by atoms with Crippen LogP contribution in [0, 0.1) is 17.9 Å². The molecule has 72 heavy (non-hydrogen) atoms. The zero-order valence-corrected chi connectivity index (χ0v) is 38.6. The molecule has 13 aromatic rings. The first-order chi connectivity index (χ1) is 35.6. The second-order valence-corrected chi connectivity index (χ2v) is 17.8. The Labute approximate surface area is 415 Å². The van der Waals surface area contributed by atoms with Gasteiger partial charge >= 0.3 is 0 Å². The molecule has 0 fully saturated rings. The van der Waals surface area contributed by atoms with Gasteiger partial charge in [-0.2, -0.15) is 5.26 Å². The van der Waals surface area contributed by atoms with Crippen LogP contribution in [0.4, 0.5) is 5.69 Å². The van der Waals surface area contributed by atoms with Crippen LogP contribution in [0.1, 0.15) is 5.56 Å². The van der Waals surface area contributed by atoms with Crippen molar-refractivity contribution >= 4 is 49.3 Å². The summed E-state index contributed by atoms with van der Waals surface area (Å²) in [5, 5.41) is 14.0. The standard InChI is InChI=1S/C65H39N7/c1-67-50-33-28-44(29-34-50)48-31-36-59-55(39-48)54-38-47(43-26-24-42(41-66)25-27-43)30-35-58(54)72(59)60-37-32-49(52-21-13-23-61-62(52)53-20-11-12-22-57(53)71(61)51-18-9-4-10-19-51)40-56(60)65-69-63(45-14-5-2-6-15-45)68-64(70-65)46-16-7-3-8-17-46/h2-40H. The van der Waals surface area contributed by atoms with Crippen LogP contribution in [-0.2, 0) is 0 Å². The lowest BCUT2D eigenvalue weighted by Crippen LogP contribution is -2.04. The first kappa shape index (κ1) is 41.9. The van der Waals surface area contributed by atoms with Gasteiger partial charge < -0.3 is 9.13 Å². The molecule has 13 rings (SSSR count). The number of nitrogens with zero attached hydrogens (tertiary/aromatic N) is 7. The third-order valence-electron chi connectivity index (χ3n) is 13.6. The van der Waals surface area contributed by atoms with Crippen molar-refractivity contribution in [1.82, 2.24) is 24.1 Å². The van der Waals surface area contributed by atoms with Gasteiger partial charge in [0.25, 0.3) is 0 Å². The summed E-state index contributed by atoms with van der Waals surface area (Å²) in [5.74, 6) is 1.69. The van der Waals surface area contributed by atoms with Crippen LogP contribution in [-0.4, -0.2) is 24.1 Å². The number of rotatable bonds is 8. The predicted molar refractivity (Wildman–Crippen MR) is 292 cm³/mol. The number of aromatic nitrogens is 5. The molecule has 0 aliphatic rings. The van der Waals surface area contributed by atoms with E-state index in [0.29, 0.717) is 28.7 Å². The van der Waals surface area contributed by atoms with Crippen LogP contribution in [0.2, 0.25) is 0 Å². The fourth-order valence-electron chi connectivity index (χ4n) is 10.2. The predicted octanol–water partition coefficient (Wildman–Crippen LogP) is 16.5. The van der Waals surface area contributed by atoms with E-state index >= 15 is 0 Å². The zero-order valence-electron chi connectivity index (χ0n) is 38.6. The maximum absolute atomic E-state index is 9.60. The van der Waals surface area contributed by atoms with Gasteiger partial charge in [0.1, 0.15) is 0 Å². The Morgan fingerprint density at radius 3 is 1.50 bits per heavy atom. The smallest absolute Gasteiger partial charge is 0.187 e. The molecular weight excluding hydrogens is 879 g/mol. The van der Waals surface area contributed by atoms with Gasteiger partial charge in [-0.3, -0.25) is 0 Å². The van der Waals surface area contributed by atoms with Gasteiger partial charge in [0.05, 0.1) is 46.0 Å². The summed E-state index contributed by atoms with van der Waals surface area (Å²) in [4.78, 5) is 19.5. The van der Waals surface area contributed by atoms with Crippen molar-refractivity contribution in [2.24, 2.45) is 0 Å². The lowest BCUT2D eigenvalue weighted by Gasteiger charge is -2.17. The van der Waals surface area contributed by atoms with Crippen molar-refractivity contribution in [2.45, 2.75) is 0 Å². The number of fused-ring (bicyclic) bond motifs is 6. The summed E-state index contributed by atoms with van der Waals surface area (Å²) in [7, 11) is 0. The van der Waals surface area contributed by atoms with Crippen molar-refractivity contribution in [3.63, 3.8) is 0 Å². The average molecular weight is 918 g/mol. The fourth-order valence-corrected chi connectivity index (χ4v) is 10.2. The summed E-state index contributed by atoms with van der Waals surface area (Å²) in [6, 6.07) is 83.7. The normalized spacial score (nSPS) is 11.3. The Bertz CT molecular complexity index is 4140. The highest BCUT2D eigenvalue weighted by Crippen LogP contribution is 2.44. The monoisotopic (exact) mass is 917 g/mol. The number of hydrogen-bond donors (Lipinski definition) is 0. The summed E-state index contributed by atoms with van der Waals surface area (Å²) < 4.78 is 4.69. The molecule has 3 aromatic heterocycles. The molecular formula is C65H39N7. The van der Waals surface area contributed by atoms with E-state index in [4.69, 9.17) is 21.5 Å². The topological polar surface area (TPSA) is 76.7 Å². The molecule has 10 aromatic carbocycles. The van der Waals surface area contributed by atoms with Crippen molar-refractivity contribution in [1.29, 1.82) is 5.26 Å². The molecule has 0 aliphatic heterocycles. The van der Waals surface area contributed by atoms with Crippen LogP contribution in [0.15, 0.2) is 237 Å². The minimum absolute atomic E-state index is 0.541. The van der Waals surface area contributed by atoms with E-state index in [0.717, 1.165) is 105 Å². The first-order valence-corrected chi connectivity index (χ1v) is 23.8. The molecule has 3 heterocycles. The Morgan fingerprint density at radius 1 is 0.375 bits per heavy atom. The number of para-hydroxylation sites is 2. The Hall–Kier alpha value is -10.2. The van der Waals surface area contributed by atoms with Gasteiger partial charge in [-0.15, -0.1) is 0 Å². The SMILES string of the molecule is [C-]#[N+]c1ccc(-c2ccc3c(c2)c2cc(-c4ccc(C#N)cc4)ccc2n3-c2ccc(-c3cccc4c3c3ccccc3n4-c3ccccc3)cc2-c2nc(-c3ccccc3)nc(-c3ccccc3)n2)cc1. The molecule has 0 unspecified atom stereocenters. The molecule has 0 aliphatic carbocycles. The average Bonchev–Trinajstić information content (AvgIpc) is 3.98. The zero-order chi connectivity index (χ0) is 48.1. The Morgan fingerprint density at radius 2 is 0.889 bits per heavy atom. The molecule has 0 bridgehead atoms. The summed E-state index contributed by atoms with van der Waals surface area (Å²) >= 11 is 0. The maximum atomic E-state index is 9.60. The van der Waals surface area contributed by atoms with Crippen molar-refractivity contribution in [3.05, 3.63) is 254 Å². The Balaban J connectivity index is 1.11. The first-order valence-electron chi connectivity index (χ1n) is 23.8. The van der Waals surface area contributed by atoms with Gasteiger partial charge in [-0.05, 0) is 106 Å². The molecule has 0 spiro atoms. The molecule has 0 radical (unpaired) electrons. The van der Waals surface area contributed by atoms with Crippen LogP contribution < -0.4 is 0 Å². The third kappa shape index (κ3) is 7.17. The summed E-state index contributed by atoms with van der Waals surface area (Å²) in [6.45, 7) is 7.56.